The Morgan fingerprint density at radius 3 is 2.58 bits per heavy atom. The Balaban J connectivity index is 2.10. The van der Waals surface area contributed by atoms with Crippen LogP contribution in [0.15, 0.2) is 0 Å². The first kappa shape index (κ1) is 16.4. The molecular formula is C15H31N3O. The Labute approximate surface area is 118 Å². The van der Waals surface area contributed by atoms with Crippen molar-refractivity contribution in [2.24, 2.45) is 11.1 Å². The predicted molar refractivity (Wildman–Crippen MR) is 80.0 cm³/mol. The van der Waals surface area contributed by atoms with Gasteiger partial charge in [-0.25, -0.2) is 0 Å². The third kappa shape index (κ3) is 6.92. The molecule has 1 aliphatic carbocycles. The van der Waals surface area contributed by atoms with Gasteiger partial charge in [0, 0.05) is 25.6 Å². The highest BCUT2D eigenvalue weighted by Gasteiger charge is 2.27. The van der Waals surface area contributed by atoms with Crippen LogP contribution >= 0.6 is 0 Å². The van der Waals surface area contributed by atoms with E-state index >= 15 is 0 Å². The van der Waals surface area contributed by atoms with Crippen molar-refractivity contribution in [3.63, 3.8) is 0 Å². The zero-order valence-corrected chi connectivity index (χ0v) is 12.9. The Kier molecular flexibility index (Phi) is 6.80. The second-order valence-corrected chi connectivity index (χ2v) is 6.41. The monoisotopic (exact) mass is 269 g/mol. The molecule has 19 heavy (non-hydrogen) atoms. The third-order valence-electron chi connectivity index (χ3n) is 4.04. The van der Waals surface area contributed by atoms with E-state index < -0.39 is 0 Å². The highest BCUT2D eigenvalue weighted by molar-refractivity contribution is 5.75. The molecule has 0 heterocycles. The topological polar surface area (TPSA) is 58.4 Å². The first-order valence-electron chi connectivity index (χ1n) is 7.69. The maximum Gasteiger partial charge on any atom is 0.220 e. The van der Waals surface area contributed by atoms with Gasteiger partial charge in [0.15, 0.2) is 0 Å². The molecule has 4 nitrogen and oxygen atoms in total. The number of nitrogens with one attached hydrogen (secondary N) is 1. The number of likely N-dealkylation sites (N-methyl/N-ethyl adjacent to an activating group) is 1. The molecule has 1 amide bonds. The molecule has 0 aromatic heterocycles. The summed E-state index contributed by atoms with van der Waals surface area (Å²) in [7, 11) is 0. The standard InChI is InChI=1S/C15H31N3O/c1-4-18(13-5-6-13)12-11-17-14(19)7-8-15(2,3)9-10-16/h13H,4-12,16H2,1-3H3,(H,17,19). The summed E-state index contributed by atoms with van der Waals surface area (Å²) in [4.78, 5) is 14.2. The van der Waals surface area contributed by atoms with Crippen molar-refractivity contribution in [2.45, 2.75) is 58.9 Å². The van der Waals surface area contributed by atoms with Crippen LogP contribution in [0.25, 0.3) is 0 Å². The third-order valence-corrected chi connectivity index (χ3v) is 4.04. The lowest BCUT2D eigenvalue weighted by Gasteiger charge is -2.23. The minimum atomic E-state index is 0.176. The SMILES string of the molecule is CCN(CCNC(=O)CCC(C)(C)CCN)C1CC1. The zero-order valence-electron chi connectivity index (χ0n) is 12.9. The molecule has 0 spiro atoms. The van der Waals surface area contributed by atoms with Crippen LogP contribution < -0.4 is 11.1 Å². The summed E-state index contributed by atoms with van der Waals surface area (Å²) in [6, 6.07) is 0.783. The van der Waals surface area contributed by atoms with Gasteiger partial charge in [0.25, 0.3) is 0 Å². The Morgan fingerprint density at radius 1 is 1.37 bits per heavy atom. The molecule has 0 atom stereocenters. The lowest BCUT2D eigenvalue weighted by Crippen LogP contribution is -2.36. The van der Waals surface area contributed by atoms with Gasteiger partial charge in [-0.3, -0.25) is 9.69 Å². The molecule has 0 aromatic carbocycles. The van der Waals surface area contributed by atoms with Crippen LogP contribution in [0.5, 0.6) is 0 Å². The van der Waals surface area contributed by atoms with Crippen LogP contribution in [0, 0.1) is 5.41 Å². The van der Waals surface area contributed by atoms with Crippen molar-refractivity contribution in [2.75, 3.05) is 26.2 Å². The largest absolute Gasteiger partial charge is 0.355 e. The molecule has 4 heteroatoms. The van der Waals surface area contributed by atoms with Crippen LogP contribution in [0.1, 0.15) is 52.9 Å². The summed E-state index contributed by atoms with van der Waals surface area (Å²) in [5.74, 6) is 0.178. The van der Waals surface area contributed by atoms with Gasteiger partial charge in [0.1, 0.15) is 0 Å². The number of nitrogens with two attached hydrogens (primary N) is 1. The van der Waals surface area contributed by atoms with Crippen LogP contribution in [-0.4, -0.2) is 43.0 Å². The fourth-order valence-corrected chi connectivity index (χ4v) is 2.43. The van der Waals surface area contributed by atoms with E-state index in [0.717, 1.165) is 38.5 Å². The van der Waals surface area contributed by atoms with Crippen molar-refractivity contribution in [3.8, 4) is 0 Å². The number of carbonyl (C=O) groups excluding carboxylic acids is 1. The van der Waals surface area contributed by atoms with E-state index in [1.165, 1.54) is 12.8 Å². The summed E-state index contributed by atoms with van der Waals surface area (Å²) in [5.41, 5.74) is 5.75. The summed E-state index contributed by atoms with van der Waals surface area (Å²) < 4.78 is 0. The molecular weight excluding hydrogens is 238 g/mol. The number of carbonyl (C=O) groups is 1. The second-order valence-electron chi connectivity index (χ2n) is 6.41. The van der Waals surface area contributed by atoms with Gasteiger partial charge in [-0.15, -0.1) is 0 Å². The average Bonchev–Trinajstić information content (AvgIpc) is 3.16. The zero-order chi connectivity index (χ0) is 14.3. The molecule has 1 fully saturated rings. The lowest BCUT2D eigenvalue weighted by atomic mass is 9.84. The van der Waals surface area contributed by atoms with Crippen LogP contribution in [0.4, 0.5) is 0 Å². The second kappa shape index (κ2) is 7.85. The number of amides is 1. The molecule has 0 bridgehead atoms. The summed E-state index contributed by atoms with van der Waals surface area (Å²) >= 11 is 0. The van der Waals surface area contributed by atoms with Crippen LogP contribution in [0.3, 0.4) is 0 Å². The molecule has 0 radical (unpaired) electrons. The summed E-state index contributed by atoms with van der Waals surface area (Å²) in [6.07, 6.45) is 5.16. The minimum absolute atomic E-state index is 0.176. The molecule has 3 N–H and O–H groups in total. The van der Waals surface area contributed by atoms with Crippen molar-refractivity contribution < 1.29 is 4.79 Å². The normalized spacial score (nSPS) is 15.8. The highest BCUT2D eigenvalue weighted by Crippen LogP contribution is 2.26. The van der Waals surface area contributed by atoms with Crippen LogP contribution in [0.2, 0.25) is 0 Å². The van der Waals surface area contributed by atoms with E-state index in [1.54, 1.807) is 0 Å². The van der Waals surface area contributed by atoms with E-state index in [9.17, 15) is 4.79 Å². The molecule has 1 rings (SSSR count). The fourth-order valence-electron chi connectivity index (χ4n) is 2.43. The van der Waals surface area contributed by atoms with E-state index in [2.05, 4.69) is 31.0 Å². The maximum atomic E-state index is 11.8. The number of rotatable bonds is 10. The van der Waals surface area contributed by atoms with Crippen molar-refractivity contribution in [3.05, 3.63) is 0 Å². The van der Waals surface area contributed by atoms with Gasteiger partial charge in [-0.05, 0) is 44.2 Å². The number of nitrogens with zero attached hydrogens (tertiary/aromatic N) is 1. The molecule has 0 unspecified atom stereocenters. The van der Waals surface area contributed by atoms with E-state index in [0.29, 0.717) is 13.0 Å². The van der Waals surface area contributed by atoms with Gasteiger partial charge in [-0.2, -0.15) is 0 Å². The van der Waals surface area contributed by atoms with Gasteiger partial charge in [-0.1, -0.05) is 20.8 Å². The van der Waals surface area contributed by atoms with Gasteiger partial charge < -0.3 is 11.1 Å². The molecule has 0 saturated heterocycles. The quantitative estimate of drug-likeness (QED) is 0.635. The average molecular weight is 269 g/mol. The number of hydrogen-bond acceptors (Lipinski definition) is 3. The molecule has 0 aliphatic heterocycles. The molecule has 1 aliphatic rings. The van der Waals surface area contributed by atoms with Crippen molar-refractivity contribution in [1.82, 2.24) is 10.2 Å². The molecule has 112 valence electrons. The maximum absolute atomic E-state index is 11.8. The molecule has 1 saturated carbocycles. The van der Waals surface area contributed by atoms with Crippen molar-refractivity contribution >= 4 is 5.91 Å². The Bertz CT molecular complexity index is 275. The minimum Gasteiger partial charge on any atom is -0.355 e. The molecule has 0 aromatic rings. The van der Waals surface area contributed by atoms with E-state index in [4.69, 9.17) is 5.73 Å². The Hall–Kier alpha value is -0.610. The highest BCUT2D eigenvalue weighted by atomic mass is 16.1. The first-order valence-corrected chi connectivity index (χ1v) is 7.69. The smallest absolute Gasteiger partial charge is 0.220 e. The summed E-state index contributed by atoms with van der Waals surface area (Å²) in [6.45, 7) is 10.1. The van der Waals surface area contributed by atoms with Gasteiger partial charge >= 0.3 is 0 Å². The van der Waals surface area contributed by atoms with E-state index in [1.807, 2.05) is 0 Å². The van der Waals surface area contributed by atoms with Crippen molar-refractivity contribution in [1.29, 1.82) is 0 Å². The lowest BCUT2D eigenvalue weighted by molar-refractivity contribution is -0.121. The first-order chi connectivity index (χ1) is 8.98. The van der Waals surface area contributed by atoms with Gasteiger partial charge in [0.05, 0.1) is 0 Å². The predicted octanol–water partition coefficient (Wildman–Crippen LogP) is 1.74. The van der Waals surface area contributed by atoms with E-state index in [-0.39, 0.29) is 11.3 Å². The van der Waals surface area contributed by atoms with Crippen LogP contribution in [-0.2, 0) is 4.79 Å². The Morgan fingerprint density at radius 2 is 2.05 bits per heavy atom. The number of hydrogen-bond donors (Lipinski definition) is 2. The van der Waals surface area contributed by atoms with Gasteiger partial charge in [0.2, 0.25) is 5.91 Å². The fraction of sp³-hybridized carbons (Fsp3) is 0.933. The summed E-state index contributed by atoms with van der Waals surface area (Å²) in [5, 5.41) is 3.03.